The van der Waals surface area contributed by atoms with Crippen LogP contribution < -0.4 is 0 Å². The molecule has 0 aromatic rings. The zero-order valence-electron chi connectivity index (χ0n) is 6.16. The van der Waals surface area contributed by atoms with Gasteiger partial charge >= 0.3 is 0 Å². The summed E-state index contributed by atoms with van der Waals surface area (Å²) in [5, 5.41) is 11.3. The minimum atomic E-state index is 0.304. The fourth-order valence-electron chi connectivity index (χ4n) is 1.14. The lowest BCUT2D eigenvalue weighted by Crippen LogP contribution is -2.26. The first-order valence-electron chi connectivity index (χ1n) is 3.60. The monoisotopic (exact) mass is 143 g/mol. The Hall–Kier alpha value is -0.570. The first-order valence-corrected chi connectivity index (χ1v) is 3.60. The summed E-state index contributed by atoms with van der Waals surface area (Å²) in [6.07, 6.45) is 2.63. The van der Waals surface area contributed by atoms with Crippen LogP contribution in [0.1, 0.15) is 13.3 Å². The van der Waals surface area contributed by atoms with Crippen LogP contribution in [0.2, 0.25) is 0 Å². The van der Waals surface area contributed by atoms with E-state index in [0.29, 0.717) is 18.4 Å². The third-order valence-corrected chi connectivity index (χ3v) is 2.02. The summed E-state index contributed by atoms with van der Waals surface area (Å²) in [5.74, 6) is 0.892. The second-order valence-corrected chi connectivity index (χ2v) is 2.77. The van der Waals surface area contributed by atoms with Crippen LogP contribution in [0, 0.1) is 11.8 Å². The highest BCUT2D eigenvalue weighted by Gasteiger charge is 2.19. The van der Waals surface area contributed by atoms with Crippen molar-refractivity contribution in [1.29, 1.82) is 0 Å². The molecule has 58 valence electrons. The van der Waals surface area contributed by atoms with Gasteiger partial charge in [-0.15, -0.1) is 5.16 Å². The number of rotatable bonds is 1. The van der Waals surface area contributed by atoms with Crippen molar-refractivity contribution in [3.05, 3.63) is 0 Å². The molecule has 0 saturated carbocycles. The molecule has 0 aliphatic carbocycles. The second kappa shape index (κ2) is 3.56. The van der Waals surface area contributed by atoms with Crippen molar-refractivity contribution in [2.45, 2.75) is 13.3 Å². The van der Waals surface area contributed by atoms with E-state index < -0.39 is 0 Å². The molecule has 2 atom stereocenters. The lowest BCUT2D eigenvalue weighted by atomic mass is 9.91. The zero-order chi connectivity index (χ0) is 7.40. The fraction of sp³-hybridized carbons (Fsp3) is 0.857. The average Bonchev–Trinajstić information content (AvgIpc) is 1.94. The molecular weight excluding hydrogens is 130 g/mol. The van der Waals surface area contributed by atoms with Gasteiger partial charge in [0, 0.05) is 18.7 Å². The van der Waals surface area contributed by atoms with Gasteiger partial charge < -0.3 is 9.94 Å². The van der Waals surface area contributed by atoms with Gasteiger partial charge in [-0.25, -0.2) is 0 Å². The molecule has 1 rings (SSSR count). The Kier molecular flexibility index (Phi) is 2.68. The molecule has 0 spiro atoms. The largest absolute Gasteiger partial charge is 0.411 e. The van der Waals surface area contributed by atoms with E-state index in [-0.39, 0.29) is 0 Å². The predicted molar refractivity (Wildman–Crippen MR) is 38.4 cm³/mol. The summed E-state index contributed by atoms with van der Waals surface area (Å²) in [7, 11) is 0. The van der Waals surface area contributed by atoms with Crippen LogP contribution in [0.25, 0.3) is 0 Å². The normalized spacial score (nSPS) is 34.9. The maximum atomic E-state index is 8.25. The maximum Gasteiger partial charge on any atom is 0.0547 e. The van der Waals surface area contributed by atoms with Crippen LogP contribution in [0.5, 0.6) is 0 Å². The first kappa shape index (κ1) is 7.54. The van der Waals surface area contributed by atoms with Crippen LogP contribution in [-0.2, 0) is 4.74 Å². The highest BCUT2D eigenvalue weighted by Crippen LogP contribution is 2.18. The molecule has 0 bridgehead atoms. The van der Waals surface area contributed by atoms with Crippen molar-refractivity contribution in [2.24, 2.45) is 17.0 Å². The molecule has 1 heterocycles. The van der Waals surface area contributed by atoms with Gasteiger partial charge in [0.25, 0.3) is 0 Å². The van der Waals surface area contributed by atoms with Gasteiger partial charge in [-0.05, 0) is 12.3 Å². The molecule has 10 heavy (non-hydrogen) atoms. The van der Waals surface area contributed by atoms with E-state index in [2.05, 4.69) is 12.1 Å². The Morgan fingerprint density at radius 2 is 2.50 bits per heavy atom. The lowest BCUT2D eigenvalue weighted by Gasteiger charge is -2.24. The lowest BCUT2D eigenvalue weighted by molar-refractivity contribution is 0.0487. The highest BCUT2D eigenvalue weighted by molar-refractivity contribution is 5.60. The third kappa shape index (κ3) is 1.70. The third-order valence-electron chi connectivity index (χ3n) is 2.02. The van der Waals surface area contributed by atoms with E-state index in [4.69, 9.17) is 9.94 Å². The van der Waals surface area contributed by atoms with Crippen molar-refractivity contribution in [3.8, 4) is 0 Å². The molecule has 1 aliphatic rings. The molecule has 3 heteroatoms. The molecule has 0 aromatic carbocycles. The smallest absolute Gasteiger partial charge is 0.0547 e. The Morgan fingerprint density at radius 1 is 1.70 bits per heavy atom. The van der Waals surface area contributed by atoms with Crippen LogP contribution >= 0.6 is 0 Å². The van der Waals surface area contributed by atoms with Crippen molar-refractivity contribution in [2.75, 3.05) is 13.2 Å². The van der Waals surface area contributed by atoms with Crippen LogP contribution in [-0.4, -0.2) is 24.6 Å². The van der Waals surface area contributed by atoms with Crippen molar-refractivity contribution in [3.63, 3.8) is 0 Å². The predicted octanol–water partition coefficient (Wildman–Crippen LogP) is 1.12. The van der Waals surface area contributed by atoms with Crippen LogP contribution in [0.3, 0.4) is 0 Å². The first-order chi connectivity index (χ1) is 4.84. The molecule has 3 nitrogen and oxygen atoms in total. The number of hydrogen-bond donors (Lipinski definition) is 1. The average molecular weight is 143 g/mol. The van der Waals surface area contributed by atoms with Gasteiger partial charge in [-0.1, -0.05) is 6.92 Å². The van der Waals surface area contributed by atoms with E-state index >= 15 is 0 Å². The van der Waals surface area contributed by atoms with Gasteiger partial charge in [0.05, 0.1) is 6.61 Å². The molecule has 1 aliphatic heterocycles. The minimum absolute atomic E-state index is 0.304. The molecule has 0 amide bonds. The SMILES string of the molecule is CC1CCOCC1C=NO. The maximum absolute atomic E-state index is 8.25. The number of ether oxygens (including phenoxy) is 1. The van der Waals surface area contributed by atoms with E-state index in [0.717, 1.165) is 13.0 Å². The number of nitrogens with zero attached hydrogens (tertiary/aromatic N) is 1. The molecule has 0 aromatic heterocycles. The molecule has 1 fully saturated rings. The van der Waals surface area contributed by atoms with Crippen molar-refractivity contribution >= 4 is 6.21 Å². The standard InChI is InChI=1S/C7H13NO2/c1-6-2-3-10-5-7(6)4-8-9/h4,6-7,9H,2-3,5H2,1H3. The molecule has 0 radical (unpaired) electrons. The minimum Gasteiger partial charge on any atom is -0.411 e. The zero-order valence-corrected chi connectivity index (χ0v) is 6.16. The molecular formula is C7H13NO2. The Labute approximate surface area is 60.7 Å². The van der Waals surface area contributed by atoms with Gasteiger partial charge in [0.1, 0.15) is 0 Å². The van der Waals surface area contributed by atoms with Gasteiger partial charge in [0.2, 0.25) is 0 Å². The van der Waals surface area contributed by atoms with E-state index in [1.54, 1.807) is 6.21 Å². The van der Waals surface area contributed by atoms with Gasteiger partial charge in [0.15, 0.2) is 0 Å². The van der Waals surface area contributed by atoms with Crippen LogP contribution in [0.4, 0.5) is 0 Å². The molecule has 2 unspecified atom stereocenters. The summed E-state index contributed by atoms with van der Waals surface area (Å²) in [6, 6.07) is 0. The highest BCUT2D eigenvalue weighted by atomic mass is 16.5. The Morgan fingerprint density at radius 3 is 3.10 bits per heavy atom. The second-order valence-electron chi connectivity index (χ2n) is 2.77. The van der Waals surface area contributed by atoms with Gasteiger partial charge in [-0.3, -0.25) is 0 Å². The Balaban J connectivity index is 2.39. The summed E-state index contributed by atoms with van der Waals surface area (Å²) in [5.41, 5.74) is 0. The van der Waals surface area contributed by atoms with E-state index in [9.17, 15) is 0 Å². The molecule has 1 saturated heterocycles. The summed E-state index contributed by atoms with van der Waals surface area (Å²) < 4.78 is 5.20. The number of oxime groups is 1. The Bertz CT molecular complexity index is 125. The van der Waals surface area contributed by atoms with Crippen LogP contribution in [0.15, 0.2) is 5.16 Å². The summed E-state index contributed by atoms with van der Waals surface area (Å²) in [4.78, 5) is 0. The summed E-state index contributed by atoms with van der Waals surface area (Å²) in [6.45, 7) is 3.69. The van der Waals surface area contributed by atoms with Crippen molar-refractivity contribution in [1.82, 2.24) is 0 Å². The number of hydrogen-bond acceptors (Lipinski definition) is 3. The molecule has 1 N–H and O–H groups in total. The van der Waals surface area contributed by atoms with E-state index in [1.165, 1.54) is 0 Å². The van der Waals surface area contributed by atoms with E-state index in [1.807, 2.05) is 0 Å². The van der Waals surface area contributed by atoms with Gasteiger partial charge in [-0.2, -0.15) is 0 Å². The van der Waals surface area contributed by atoms with Crippen molar-refractivity contribution < 1.29 is 9.94 Å². The fourth-order valence-corrected chi connectivity index (χ4v) is 1.14. The topological polar surface area (TPSA) is 41.8 Å². The summed E-state index contributed by atoms with van der Waals surface area (Å²) >= 11 is 0. The quantitative estimate of drug-likeness (QED) is 0.339.